The number of cyclic esters (lactones) is 1. The second-order valence-corrected chi connectivity index (χ2v) is 6.13. The number of carbonyl (C=O) groups is 3. The Morgan fingerprint density at radius 2 is 1.48 bits per heavy atom. The molecule has 0 unspecified atom stereocenters. The number of hydrogen-bond acceptors (Lipinski definition) is 5. The number of Topliss-reactive ketones (excluding diaryl/α,β-unsaturated/α-hetero) is 2. The first kappa shape index (κ1) is 24.0. The van der Waals surface area contributed by atoms with Gasteiger partial charge in [-0.05, 0) is 12.8 Å². The lowest BCUT2D eigenvalue weighted by Gasteiger charge is -2.09. The van der Waals surface area contributed by atoms with Gasteiger partial charge in [-0.3, -0.25) is 14.4 Å². The average Bonchev–Trinajstić information content (AvgIpc) is 3.08. The van der Waals surface area contributed by atoms with Crippen molar-refractivity contribution in [2.75, 3.05) is 6.61 Å². The van der Waals surface area contributed by atoms with Crippen molar-refractivity contribution in [3.05, 3.63) is 0 Å². The molecule has 2 aliphatic heterocycles. The van der Waals surface area contributed by atoms with Crippen molar-refractivity contribution in [2.45, 2.75) is 80.4 Å². The van der Waals surface area contributed by atoms with Crippen LogP contribution in [0.2, 0.25) is 0 Å². The van der Waals surface area contributed by atoms with E-state index in [1.165, 1.54) is 0 Å². The Hall–Kier alpha value is -1.23. The van der Waals surface area contributed by atoms with Gasteiger partial charge < -0.3 is 9.47 Å². The third-order valence-corrected chi connectivity index (χ3v) is 3.59. The molecular weight excluding hydrogens is 296 g/mol. The van der Waals surface area contributed by atoms with Gasteiger partial charge in [0.2, 0.25) is 0 Å². The number of ketones is 2. The van der Waals surface area contributed by atoms with E-state index in [0.29, 0.717) is 12.8 Å². The molecule has 0 saturated carbocycles. The first-order valence-corrected chi connectivity index (χ1v) is 7.71. The summed E-state index contributed by atoms with van der Waals surface area (Å²) in [7, 11) is 0. The van der Waals surface area contributed by atoms with E-state index in [4.69, 9.17) is 9.47 Å². The normalized spacial score (nSPS) is 22.6. The smallest absolute Gasteiger partial charge is 0.306 e. The van der Waals surface area contributed by atoms with E-state index in [1.807, 2.05) is 27.7 Å². The topological polar surface area (TPSA) is 69.7 Å². The van der Waals surface area contributed by atoms with Gasteiger partial charge in [-0.2, -0.15) is 0 Å². The standard InChI is InChI=1S/C8H12O3.C8H14O2.2CH4/c1-5(2)8(10)6-3-4-7(9)11-6;1-6(2)8(9)7-4-3-5-10-7;;/h5-6H,3-4H2,1-2H3;6-7H,3-5H2,1-2H3;2*1H4/t6-;7-;;/m11../s1. The van der Waals surface area contributed by atoms with Crippen LogP contribution in [0.25, 0.3) is 0 Å². The molecule has 0 aromatic carbocycles. The van der Waals surface area contributed by atoms with E-state index in [9.17, 15) is 14.4 Å². The molecule has 0 aromatic heterocycles. The molecular formula is C18H34O5. The summed E-state index contributed by atoms with van der Waals surface area (Å²) >= 11 is 0. The maximum atomic E-state index is 11.2. The fourth-order valence-corrected chi connectivity index (χ4v) is 2.27. The molecule has 0 aromatic rings. The second kappa shape index (κ2) is 11.3. The van der Waals surface area contributed by atoms with Crippen molar-refractivity contribution in [2.24, 2.45) is 11.8 Å². The van der Waals surface area contributed by atoms with Crippen molar-refractivity contribution in [3.63, 3.8) is 0 Å². The summed E-state index contributed by atoms with van der Waals surface area (Å²) in [6, 6.07) is 0. The van der Waals surface area contributed by atoms with E-state index in [0.717, 1.165) is 19.4 Å². The van der Waals surface area contributed by atoms with Crippen LogP contribution in [0.3, 0.4) is 0 Å². The highest BCUT2D eigenvalue weighted by Crippen LogP contribution is 2.17. The van der Waals surface area contributed by atoms with Crippen LogP contribution < -0.4 is 0 Å². The molecule has 0 radical (unpaired) electrons. The van der Waals surface area contributed by atoms with Crippen LogP contribution in [-0.2, 0) is 23.9 Å². The quantitative estimate of drug-likeness (QED) is 0.737. The molecule has 2 heterocycles. The Morgan fingerprint density at radius 3 is 1.83 bits per heavy atom. The van der Waals surface area contributed by atoms with Gasteiger partial charge in [0.15, 0.2) is 17.7 Å². The van der Waals surface area contributed by atoms with E-state index in [-0.39, 0.29) is 50.3 Å². The number of hydrogen-bond donors (Lipinski definition) is 0. The highest BCUT2D eigenvalue weighted by atomic mass is 16.6. The zero-order valence-corrected chi connectivity index (χ0v) is 13.4. The summed E-state index contributed by atoms with van der Waals surface area (Å²) in [5.74, 6) is 0.145. The van der Waals surface area contributed by atoms with Gasteiger partial charge in [-0.15, -0.1) is 0 Å². The number of esters is 1. The first-order chi connectivity index (χ1) is 9.82. The molecule has 0 amide bonds. The van der Waals surface area contributed by atoms with Crippen molar-refractivity contribution in [1.29, 1.82) is 0 Å². The molecule has 5 heteroatoms. The van der Waals surface area contributed by atoms with Gasteiger partial charge in [-0.1, -0.05) is 42.5 Å². The highest BCUT2D eigenvalue weighted by molar-refractivity contribution is 5.89. The van der Waals surface area contributed by atoms with Gasteiger partial charge in [-0.25, -0.2) is 0 Å². The lowest BCUT2D eigenvalue weighted by molar-refractivity contribution is -0.148. The zero-order valence-electron chi connectivity index (χ0n) is 13.4. The molecule has 0 N–H and O–H groups in total. The van der Waals surface area contributed by atoms with Crippen molar-refractivity contribution < 1.29 is 23.9 Å². The predicted molar refractivity (Wildman–Crippen MR) is 91.2 cm³/mol. The molecule has 0 aliphatic carbocycles. The Kier molecular flexibility index (Phi) is 11.8. The van der Waals surface area contributed by atoms with Gasteiger partial charge in [0.25, 0.3) is 0 Å². The molecule has 2 aliphatic rings. The van der Waals surface area contributed by atoms with E-state index in [1.54, 1.807) is 0 Å². The zero-order chi connectivity index (χ0) is 16.0. The molecule has 2 rings (SSSR count). The summed E-state index contributed by atoms with van der Waals surface area (Å²) < 4.78 is 10.0. The number of rotatable bonds is 4. The van der Waals surface area contributed by atoms with Crippen LogP contribution >= 0.6 is 0 Å². The Bertz CT molecular complexity index is 381. The van der Waals surface area contributed by atoms with Gasteiger partial charge in [0.1, 0.15) is 6.10 Å². The van der Waals surface area contributed by atoms with E-state index >= 15 is 0 Å². The molecule has 5 nitrogen and oxygen atoms in total. The van der Waals surface area contributed by atoms with Crippen LogP contribution in [0.4, 0.5) is 0 Å². The summed E-state index contributed by atoms with van der Waals surface area (Å²) in [6.07, 6.45) is 2.39. The average molecular weight is 330 g/mol. The third kappa shape index (κ3) is 7.73. The van der Waals surface area contributed by atoms with Crippen LogP contribution in [0.15, 0.2) is 0 Å². The highest BCUT2D eigenvalue weighted by Gasteiger charge is 2.30. The fourth-order valence-electron chi connectivity index (χ4n) is 2.27. The largest absolute Gasteiger partial charge is 0.454 e. The molecule has 136 valence electrons. The number of carbonyl (C=O) groups excluding carboxylic acids is 3. The van der Waals surface area contributed by atoms with Gasteiger partial charge in [0.05, 0.1) is 0 Å². The Labute approximate surface area is 141 Å². The molecule has 0 bridgehead atoms. The number of ether oxygens (including phenoxy) is 2. The molecule has 23 heavy (non-hydrogen) atoms. The molecule has 2 fully saturated rings. The first-order valence-electron chi connectivity index (χ1n) is 7.71. The van der Waals surface area contributed by atoms with Crippen LogP contribution in [0, 0.1) is 11.8 Å². The molecule has 0 spiro atoms. The maximum absolute atomic E-state index is 11.2. The fraction of sp³-hybridized carbons (Fsp3) is 0.833. The summed E-state index contributed by atoms with van der Waals surface area (Å²) in [5.41, 5.74) is 0. The predicted octanol–water partition coefficient (Wildman–Crippen LogP) is 3.58. The lowest BCUT2D eigenvalue weighted by atomic mass is 10.0. The summed E-state index contributed by atoms with van der Waals surface area (Å²) in [5, 5.41) is 0. The monoisotopic (exact) mass is 330 g/mol. The van der Waals surface area contributed by atoms with E-state index < -0.39 is 6.10 Å². The van der Waals surface area contributed by atoms with Gasteiger partial charge in [0, 0.05) is 31.3 Å². The van der Waals surface area contributed by atoms with Crippen molar-refractivity contribution in [1.82, 2.24) is 0 Å². The van der Waals surface area contributed by atoms with E-state index in [2.05, 4.69) is 0 Å². The Balaban J connectivity index is 0. The third-order valence-electron chi connectivity index (χ3n) is 3.59. The SMILES string of the molecule is C.C.CC(C)C(=O)[C@H]1CCC(=O)O1.CC(C)C(=O)[C@H]1CCCO1. The minimum absolute atomic E-state index is 0. The van der Waals surface area contributed by atoms with Crippen molar-refractivity contribution >= 4 is 17.5 Å². The maximum Gasteiger partial charge on any atom is 0.306 e. The lowest BCUT2D eigenvalue weighted by Crippen LogP contribution is -2.24. The van der Waals surface area contributed by atoms with Crippen LogP contribution in [0.1, 0.15) is 68.2 Å². The molecule has 2 atom stereocenters. The van der Waals surface area contributed by atoms with Gasteiger partial charge >= 0.3 is 5.97 Å². The second-order valence-electron chi connectivity index (χ2n) is 6.13. The van der Waals surface area contributed by atoms with Crippen molar-refractivity contribution in [3.8, 4) is 0 Å². The summed E-state index contributed by atoms with van der Waals surface area (Å²) in [6.45, 7) is 8.24. The minimum Gasteiger partial charge on any atom is -0.454 e. The summed E-state index contributed by atoms with van der Waals surface area (Å²) in [4.78, 5) is 33.0. The van der Waals surface area contributed by atoms with Crippen LogP contribution in [0.5, 0.6) is 0 Å². The minimum atomic E-state index is -0.456. The molecule has 2 saturated heterocycles. The van der Waals surface area contributed by atoms with Crippen LogP contribution in [-0.4, -0.2) is 36.4 Å². The Morgan fingerprint density at radius 1 is 0.957 bits per heavy atom.